The highest BCUT2D eigenvalue weighted by Gasteiger charge is 2.43. The van der Waals surface area contributed by atoms with Gasteiger partial charge in [0, 0.05) is 6.54 Å². The van der Waals surface area contributed by atoms with Crippen LogP contribution in [0.5, 0.6) is 11.5 Å². The second-order valence-corrected chi connectivity index (χ2v) is 7.22. The van der Waals surface area contributed by atoms with E-state index in [0.717, 1.165) is 5.56 Å². The molecule has 1 aliphatic heterocycles. The highest BCUT2D eigenvalue weighted by Crippen LogP contribution is 2.40. The molecule has 1 atom stereocenters. The van der Waals surface area contributed by atoms with Crippen LogP contribution in [0.1, 0.15) is 17.2 Å². The van der Waals surface area contributed by atoms with Gasteiger partial charge in [-0.15, -0.1) is 0 Å². The number of aliphatic hydroxyl groups excluding tert-OH is 2. The van der Waals surface area contributed by atoms with Gasteiger partial charge in [-0.1, -0.05) is 42.5 Å². The van der Waals surface area contributed by atoms with E-state index in [1.54, 1.807) is 24.3 Å². The lowest BCUT2D eigenvalue weighted by molar-refractivity contribution is -0.130. The molecule has 1 aliphatic rings. The third-order valence-corrected chi connectivity index (χ3v) is 5.23. The fourth-order valence-electron chi connectivity index (χ4n) is 3.66. The molecule has 8 nitrogen and oxygen atoms in total. The first-order valence-electron chi connectivity index (χ1n) is 10.4. The number of carbonyl (C=O) groups excluding carboxylic acids is 2. The second-order valence-electron chi connectivity index (χ2n) is 7.22. The molecule has 0 saturated heterocycles. The number of hydrogen-bond acceptors (Lipinski definition) is 7. The third kappa shape index (κ3) is 5.42. The summed E-state index contributed by atoms with van der Waals surface area (Å²) in [5.41, 5.74) is 1.36. The van der Waals surface area contributed by atoms with E-state index >= 15 is 0 Å². The molecule has 0 spiro atoms. The van der Waals surface area contributed by atoms with E-state index in [2.05, 4.69) is 0 Å². The first-order chi connectivity index (χ1) is 16.0. The fourth-order valence-corrected chi connectivity index (χ4v) is 3.66. The Hall–Kier alpha value is -3.62. The summed E-state index contributed by atoms with van der Waals surface area (Å²) >= 11 is 0. The molecule has 2 aromatic rings. The monoisotopic (exact) mass is 453 g/mol. The van der Waals surface area contributed by atoms with Crippen LogP contribution >= 0.6 is 0 Å². The highest BCUT2D eigenvalue weighted by molar-refractivity contribution is 6.14. The minimum absolute atomic E-state index is 0.0263. The van der Waals surface area contributed by atoms with E-state index in [9.17, 15) is 14.7 Å². The number of rotatable bonds is 11. The summed E-state index contributed by atoms with van der Waals surface area (Å²) < 4.78 is 16.0. The van der Waals surface area contributed by atoms with Gasteiger partial charge in [0.25, 0.3) is 5.91 Å². The number of allylic oxidation sites excluding steroid dienone is 1. The van der Waals surface area contributed by atoms with E-state index in [4.69, 9.17) is 19.3 Å². The molecule has 174 valence electrons. The molecule has 1 amide bonds. The van der Waals surface area contributed by atoms with Crippen molar-refractivity contribution in [1.29, 1.82) is 0 Å². The summed E-state index contributed by atoms with van der Waals surface area (Å²) in [7, 11) is 3.00. The molecule has 8 heteroatoms. The maximum atomic E-state index is 13.2. The molecular formula is C25H27NO7. The Morgan fingerprint density at radius 2 is 1.79 bits per heavy atom. The van der Waals surface area contributed by atoms with Crippen LogP contribution < -0.4 is 9.47 Å². The summed E-state index contributed by atoms with van der Waals surface area (Å²) in [4.78, 5) is 27.4. The van der Waals surface area contributed by atoms with Gasteiger partial charge in [0.15, 0.2) is 23.0 Å². The molecule has 0 aromatic heterocycles. The standard InChI is InChI=1S/C25H27NO7/c1-31-20-11-9-18(16-21(20)32-2)23-22(19(28)10-8-17-6-4-3-5-7-17)24(29)25(30)26(23)12-14-33-15-13-27/h3-11,16,23,27,29H,12-15H2,1-2H3/b10-8+. The largest absolute Gasteiger partial charge is 0.503 e. The van der Waals surface area contributed by atoms with Crippen molar-refractivity contribution in [2.45, 2.75) is 6.04 Å². The Balaban J connectivity index is 1.98. The highest BCUT2D eigenvalue weighted by atomic mass is 16.5. The number of ketones is 1. The van der Waals surface area contributed by atoms with E-state index in [1.807, 2.05) is 30.3 Å². The number of ether oxygens (including phenoxy) is 3. The summed E-state index contributed by atoms with van der Waals surface area (Å²) in [6.07, 6.45) is 2.97. The second kappa shape index (κ2) is 11.3. The van der Waals surface area contributed by atoms with Gasteiger partial charge in [-0.3, -0.25) is 9.59 Å². The average molecular weight is 453 g/mol. The summed E-state index contributed by atoms with van der Waals surface area (Å²) in [6, 6.07) is 13.5. The summed E-state index contributed by atoms with van der Waals surface area (Å²) in [5, 5.41) is 19.6. The van der Waals surface area contributed by atoms with Gasteiger partial charge in [-0.2, -0.15) is 0 Å². The molecule has 0 fully saturated rings. The number of benzene rings is 2. The van der Waals surface area contributed by atoms with Gasteiger partial charge in [0.2, 0.25) is 0 Å². The van der Waals surface area contributed by atoms with Gasteiger partial charge < -0.3 is 29.3 Å². The van der Waals surface area contributed by atoms with Crippen molar-refractivity contribution < 1.29 is 34.0 Å². The first kappa shape index (κ1) is 24.0. The van der Waals surface area contributed by atoms with Gasteiger partial charge in [0.1, 0.15) is 0 Å². The maximum Gasteiger partial charge on any atom is 0.290 e. The quantitative estimate of drug-likeness (QED) is 0.398. The molecule has 0 aliphatic carbocycles. The molecular weight excluding hydrogens is 426 g/mol. The van der Waals surface area contributed by atoms with Crippen LogP contribution in [0.4, 0.5) is 0 Å². The van der Waals surface area contributed by atoms with Gasteiger partial charge in [-0.05, 0) is 29.3 Å². The van der Waals surface area contributed by atoms with Crippen LogP contribution in [-0.4, -0.2) is 67.4 Å². The smallest absolute Gasteiger partial charge is 0.290 e. The SMILES string of the molecule is COc1ccc(C2C(C(=O)/C=C/c3ccccc3)=C(O)C(=O)N2CCOCCO)cc1OC. The molecule has 1 heterocycles. The van der Waals surface area contributed by atoms with E-state index in [0.29, 0.717) is 17.1 Å². The Morgan fingerprint density at radius 1 is 1.06 bits per heavy atom. The van der Waals surface area contributed by atoms with E-state index in [1.165, 1.54) is 25.2 Å². The average Bonchev–Trinajstić information content (AvgIpc) is 3.10. The minimum Gasteiger partial charge on any atom is -0.503 e. The van der Waals surface area contributed by atoms with Crippen LogP contribution in [0.3, 0.4) is 0 Å². The zero-order valence-electron chi connectivity index (χ0n) is 18.6. The fraction of sp³-hybridized carbons (Fsp3) is 0.280. The summed E-state index contributed by atoms with van der Waals surface area (Å²) in [6.45, 7) is 0.213. The molecule has 1 unspecified atom stereocenters. The lowest BCUT2D eigenvalue weighted by Gasteiger charge is -2.27. The summed E-state index contributed by atoms with van der Waals surface area (Å²) in [5.74, 6) is -0.827. The van der Waals surface area contributed by atoms with Crippen molar-refractivity contribution in [2.24, 2.45) is 0 Å². The van der Waals surface area contributed by atoms with Gasteiger partial charge >= 0.3 is 0 Å². The number of hydrogen-bond donors (Lipinski definition) is 2. The normalized spacial score (nSPS) is 16.0. The van der Waals surface area contributed by atoms with Crippen molar-refractivity contribution >= 4 is 17.8 Å². The number of methoxy groups -OCH3 is 2. The Bertz CT molecular complexity index is 1050. The predicted molar refractivity (Wildman–Crippen MR) is 122 cm³/mol. The van der Waals surface area contributed by atoms with Crippen LogP contribution in [-0.2, 0) is 14.3 Å². The molecule has 33 heavy (non-hydrogen) atoms. The number of amides is 1. The van der Waals surface area contributed by atoms with Crippen molar-refractivity contribution in [3.63, 3.8) is 0 Å². The molecule has 0 saturated carbocycles. The maximum absolute atomic E-state index is 13.2. The molecule has 0 bridgehead atoms. The van der Waals surface area contributed by atoms with E-state index in [-0.39, 0.29) is 31.9 Å². The first-order valence-corrected chi connectivity index (χ1v) is 10.4. The Labute approximate surface area is 192 Å². The zero-order valence-corrected chi connectivity index (χ0v) is 18.6. The van der Waals surface area contributed by atoms with Crippen molar-refractivity contribution in [2.75, 3.05) is 40.6 Å². The van der Waals surface area contributed by atoms with Gasteiger partial charge in [-0.25, -0.2) is 0 Å². The van der Waals surface area contributed by atoms with Crippen LogP contribution in [0, 0.1) is 0 Å². The molecule has 2 aromatic carbocycles. The van der Waals surface area contributed by atoms with Crippen LogP contribution in [0.2, 0.25) is 0 Å². The van der Waals surface area contributed by atoms with Crippen LogP contribution in [0.25, 0.3) is 6.08 Å². The third-order valence-electron chi connectivity index (χ3n) is 5.23. The van der Waals surface area contributed by atoms with Gasteiger partial charge in [0.05, 0.1) is 45.7 Å². The van der Waals surface area contributed by atoms with E-state index < -0.39 is 23.5 Å². The lowest BCUT2D eigenvalue weighted by Crippen LogP contribution is -2.34. The zero-order chi connectivity index (χ0) is 23.8. The predicted octanol–water partition coefficient (Wildman–Crippen LogP) is 2.69. The lowest BCUT2D eigenvalue weighted by atomic mass is 9.95. The number of nitrogens with zero attached hydrogens (tertiary/aromatic N) is 1. The molecule has 2 N–H and O–H groups in total. The molecule has 0 radical (unpaired) electrons. The van der Waals surface area contributed by atoms with Crippen molar-refractivity contribution in [3.8, 4) is 11.5 Å². The Kier molecular flexibility index (Phi) is 8.23. The number of aliphatic hydroxyl groups is 2. The minimum atomic E-state index is -0.844. The Morgan fingerprint density at radius 3 is 2.45 bits per heavy atom. The topological polar surface area (TPSA) is 106 Å². The molecule has 3 rings (SSSR count). The van der Waals surface area contributed by atoms with Crippen molar-refractivity contribution in [3.05, 3.63) is 77.1 Å². The number of carbonyl (C=O) groups is 2. The van der Waals surface area contributed by atoms with Crippen LogP contribution in [0.15, 0.2) is 65.9 Å². The van der Waals surface area contributed by atoms with Crippen molar-refractivity contribution in [1.82, 2.24) is 4.90 Å².